The molecule has 4 rings (SSSR count). The number of rotatable bonds is 9. The standard InChI is InChI=1S/C28H28N2O7S/c1-5-35-27(34)24-17(4)29-28-30(25(24)19-8-12-21(13-9-19)37-16(2)3)26(33)22(38-28)14-18-6-10-20(11-7-18)36-15-23(31)32/h6-14,16,25H,5,15H2,1-4H3,(H,31,32)/b22-14-/t25-/m1/s1. The molecule has 10 heteroatoms. The minimum Gasteiger partial charge on any atom is -0.491 e. The third kappa shape index (κ3) is 5.86. The molecule has 1 aliphatic heterocycles. The van der Waals surface area contributed by atoms with Crippen LogP contribution < -0.4 is 24.4 Å². The predicted octanol–water partition coefficient (Wildman–Crippen LogP) is 3.05. The van der Waals surface area contributed by atoms with Crippen molar-refractivity contribution >= 4 is 29.4 Å². The number of carbonyl (C=O) groups is 2. The van der Waals surface area contributed by atoms with Gasteiger partial charge in [-0.05, 0) is 69.2 Å². The lowest BCUT2D eigenvalue weighted by Crippen LogP contribution is -2.39. The second kappa shape index (κ2) is 11.5. The van der Waals surface area contributed by atoms with Gasteiger partial charge in [0.1, 0.15) is 11.5 Å². The van der Waals surface area contributed by atoms with Gasteiger partial charge in [0, 0.05) is 0 Å². The van der Waals surface area contributed by atoms with Crippen molar-refractivity contribution in [2.24, 2.45) is 4.99 Å². The molecule has 2 aromatic carbocycles. The first-order valence-electron chi connectivity index (χ1n) is 12.1. The molecule has 9 nitrogen and oxygen atoms in total. The molecule has 0 saturated heterocycles. The van der Waals surface area contributed by atoms with Crippen LogP contribution in [-0.4, -0.2) is 40.9 Å². The molecule has 0 bridgehead atoms. The minimum atomic E-state index is -1.07. The van der Waals surface area contributed by atoms with Crippen molar-refractivity contribution in [2.45, 2.75) is 39.8 Å². The number of hydrogen-bond acceptors (Lipinski definition) is 8. The SMILES string of the molecule is CCOC(=O)C1=C(C)N=c2s/c(=C\c3ccc(OCC(=O)O)cc3)c(=O)n2[C@@H]1c1ccc(OC(C)C)cc1. The number of ether oxygens (including phenoxy) is 3. The first-order chi connectivity index (χ1) is 18.2. The van der Waals surface area contributed by atoms with E-state index in [1.165, 1.54) is 15.9 Å². The molecule has 0 amide bonds. The fourth-order valence-corrected chi connectivity index (χ4v) is 5.11. The van der Waals surface area contributed by atoms with Gasteiger partial charge >= 0.3 is 11.9 Å². The van der Waals surface area contributed by atoms with Crippen LogP contribution in [-0.2, 0) is 14.3 Å². The quantitative estimate of drug-likeness (QED) is 0.418. The summed E-state index contributed by atoms with van der Waals surface area (Å²) >= 11 is 1.22. The molecule has 0 spiro atoms. The maximum absolute atomic E-state index is 13.7. The van der Waals surface area contributed by atoms with E-state index in [0.717, 1.165) is 11.1 Å². The second-order valence-electron chi connectivity index (χ2n) is 8.79. The zero-order valence-corrected chi connectivity index (χ0v) is 22.3. The lowest BCUT2D eigenvalue weighted by Gasteiger charge is -2.25. The summed E-state index contributed by atoms with van der Waals surface area (Å²) in [5.74, 6) is -0.493. The Hall–Kier alpha value is -4.18. The number of benzene rings is 2. The van der Waals surface area contributed by atoms with E-state index in [1.807, 2.05) is 38.1 Å². The van der Waals surface area contributed by atoms with Crippen molar-refractivity contribution in [3.63, 3.8) is 0 Å². The van der Waals surface area contributed by atoms with Crippen LogP contribution in [0.1, 0.15) is 44.9 Å². The lowest BCUT2D eigenvalue weighted by molar-refractivity contribution is -0.140. The van der Waals surface area contributed by atoms with Crippen LogP contribution in [0.4, 0.5) is 0 Å². The van der Waals surface area contributed by atoms with E-state index in [9.17, 15) is 14.4 Å². The Morgan fingerprint density at radius 2 is 1.76 bits per heavy atom. The fourth-order valence-electron chi connectivity index (χ4n) is 4.06. The Morgan fingerprint density at radius 3 is 2.37 bits per heavy atom. The number of allylic oxidation sites excluding steroid dienone is 1. The number of esters is 1. The van der Waals surface area contributed by atoms with Gasteiger partial charge in [0.2, 0.25) is 0 Å². The number of carboxylic acids is 1. The summed E-state index contributed by atoms with van der Waals surface area (Å²) in [5.41, 5.74) is 1.96. The maximum atomic E-state index is 13.7. The number of thiazole rings is 1. The van der Waals surface area contributed by atoms with Crippen LogP contribution in [0, 0.1) is 0 Å². The zero-order valence-electron chi connectivity index (χ0n) is 21.5. The number of aliphatic carboxylic acids is 1. The number of hydrogen-bond donors (Lipinski definition) is 1. The smallest absolute Gasteiger partial charge is 0.341 e. The Balaban J connectivity index is 1.79. The summed E-state index contributed by atoms with van der Waals surface area (Å²) < 4.78 is 18.2. The Morgan fingerprint density at radius 1 is 1.11 bits per heavy atom. The van der Waals surface area contributed by atoms with Crippen LogP contribution >= 0.6 is 11.3 Å². The van der Waals surface area contributed by atoms with Crippen molar-refractivity contribution in [3.05, 3.63) is 90.6 Å². The van der Waals surface area contributed by atoms with Crippen LogP contribution in [0.5, 0.6) is 11.5 Å². The highest BCUT2D eigenvalue weighted by Gasteiger charge is 2.33. The van der Waals surface area contributed by atoms with E-state index in [1.54, 1.807) is 44.2 Å². The molecule has 38 heavy (non-hydrogen) atoms. The molecule has 0 aliphatic carbocycles. The Kier molecular flexibility index (Phi) is 8.11. The topological polar surface area (TPSA) is 116 Å². The van der Waals surface area contributed by atoms with Gasteiger partial charge in [-0.25, -0.2) is 14.6 Å². The summed E-state index contributed by atoms with van der Waals surface area (Å²) in [4.78, 5) is 42.5. The molecule has 3 aromatic rings. The predicted molar refractivity (Wildman–Crippen MR) is 142 cm³/mol. The summed E-state index contributed by atoms with van der Waals surface area (Å²) in [5, 5.41) is 8.77. The lowest BCUT2D eigenvalue weighted by atomic mass is 9.96. The monoisotopic (exact) mass is 536 g/mol. The van der Waals surface area contributed by atoms with Crippen LogP contribution in [0.2, 0.25) is 0 Å². The van der Waals surface area contributed by atoms with E-state index in [4.69, 9.17) is 19.3 Å². The Labute approximate surface area is 222 Å². The number of aromatic nitrogens is 1. The van der Waals surface area contributed by atoms with Gasteiger partial charge in [0.25, 0.3) is 5.56 Å². The summed E-state index contributed by atoms with van der Waals surface area (Å²) in [6.07, 6.45) is 1.73. The van der Waals surface area contributed by atoms with E-state index >= 15 is 0 Å². The highest BCUT2D eigenvalue weighted by atomic mass is 32.1. The molecular weight excluding hydrogens is 508 g/mol. The Bertz CT molecular complexity index is 1550. The first-order valence-corrected chi connectivity index (χ1v) is 12.9. The van der Waals surface area contributed by atoms with E-state index < -0.39 is 24.6 Å². The number of carbonyl (C=O) groups excluding carboxylic acids is 1. The normalized spacial score (nSPS) is 15.2. The molecule has 198 valence electrons. The van der Waals surface area contributed by atoms with Crippen molar-refractivity contribution in [1.29, 1.82) is 0 Å². The summed E-state index contributed by atoms with van der Waals surface area (Å²) in [6, 6.07) is 13.3. The first kappa shape index (κ1) is 26.9. The fraction of sp³-hybridized carbons (Fsp3) is 0.286. The molecular formula is C28H28N2O7S. The maximum Gasteiger partial charge on any atom is 0.341 e. The van der Waals surface area contributed by atoms with Gasteiger partial charge in [-0.2, -0.15) is 0 Å². The highest BCUT2D eigenvalue weighted by molar-refractivity contribution is 7.07. The van der Waals surface area contributed by atoms with Gasteiger partial charge in [0.05, 0.1) is 34.6 Å². The summed E-state index contributed by atoms with van der Waals surface area (Å²) in [7, 11) is 0. The average Bonchev–Trinajstić information content (AvgIpc) is 3.17. The molecule has 1 atom stereocenters. The number of nitrogens with zero attached hydrogens (tertiary/aromatic N) is 2. The van der Waals surface area contributed by atoms with Gasteiger partial charge in [-0.1, -0.05) is 35.6 Å². The van der Waals surface area contributed by atoms with E-state index in [2.05, 4.69) is 4.99 Å². The number of fused-ring (bicyclic) bond motifs is 1. The minimum absolute atomic E-state index is 0.00792. The molecule has 0 radical (unpaired) electrons. The van der Waals surface area contributed by atoms with Gasteiger partial charge in [-0.15, -0.1) is 0 Å². The molecule has 1 aromatic heterocycles. The van der Waals surface area contributed by atoms with E-state index in [-0.39, 0.29) is 18.3 Å². The summed E-state index contributed by atoms with van der Waals surface area (Å²) in [6.45, 7) is 7.10. The van der Waals surface area contributed by atoms with Crippen LogP contribution in [0.25, 0.3) is 6.08 Å². The highest BCUT2D eigenvalue weighted by Crippen LogP contribution is 2.31. The number of carboxylic acid groups (broad SMARTS) is 1. The van der Waals surface area contributed by atoms with Gasteiger partial charge < -0.3 is 19.3 Å². The van der Waals surface area contributed by atoms with Crippen molar-refractivity contribution in [1.82, 2.24) is 4.57 Å². The molecule has 2 heterocycles. The molecule has 0 fully saturated rings. The molecule has 0 unspecified atom stereocenters. The third-order valence-corrected chi connectivity index (χ3v) is 6.61. The molecule has 1 aliphatic rings. The molecule has 1 N–H and O–H groups in total. The van der Waals surface area contributed by atoms with Crippen molar-refractivity contribution in [2.75, 3.05) is 13.2 Å². The molecule has 0 saturated carbocycles. The largest absolute Gasteiger partial charge is 0.491 e. The van der Waals surface area contributed by atoms with Gasteiger partial charge in [-0.3, -0.25) is 9.36 Å². The van der Waals surface area contributed by atoms with Crippen molar-refractivity contribution in [3.8, 4) is 11.5 Å². The third-order valence-electron chi connectivity index (χ3n) is 5.62. The van der Waals surface area contributed by atoms with Crippen molar-refractivity contribution < 1.29 is 28.9 Å². The van der Waals surface area contributed by atoms with E-state index in [0.29, 0.717) is 32.1 Å². The average molecular weight is 537 g/mol. The van der Waals surface area contributed by atoms with Crippen LogP contribution in [0.3, 0.4) is 0 Å². The second-order valence-corrected chi connectivity index (χ2v) is 9.80. The van der Waals surface area contributed by atoms with Crippen LogP contribution in [0.15, 0.2) is 69.6 Å². The zero-order chi connectivity index (χ0) is 27.4. The van der Waals surface area contributed by atoms with Gasteiger partial charge in [0.15, 0.2) is 11.4 Å².